The molecule has 0 aliphatic heterocycles. The first kappa shape index (κ1) is 23.3. The fourth-order valence-corrected chi connectivity index (χ4v) is 4.11. The van der Waals surface area contributed by atoms with Gasteiger partial charge in [0.25, 0.3) is 0 Å². The minimum Gasteiger partial charge on any atom is -0.480 e. The molecule has 0 saturated carbocycles. The number of fused-ring (bicyclic) bond motifs is 3. The Kier molecular flexibility index (Phi) is 7.51. The summed E-state index contributed by atoms with van der Waals surface area (Å²) >= 11 is 0. The summed E-state index contributed by atoms with van der Waals surface area (Å²) in [7, 11) is 0. The smallest absolute Gasteiger partial charge is 0.407 e. The largest absolute Gasteiger partial charge is 0.480 e. The van der Waals surface area contributed by atoms with Crippen molar-refractivity contribution in [3.8, 4) is 11.1 Å². The summed E-state index contributed by atoms with van der Waals surface area (Å²) in [6.07, 6.45) is 0.318. The molecular weight excluding hydrogens is 408 g/mol. The van der Waals surface area contributed by atoms with Gasteiger partial charge in [-0.05, 0) is 34.6 Å². The average molecular weight is 439 g/mol. The zero-order valence-corrected chi connectivity index (χ0v) is 18.6. The van der Waals surface area contributed by atoms with Gasteiger partial charge in [0.2, 0.25) is 5.91 Å². The topological polar surface area (TPSA) is 105 Å². The summed E-state index contributed by atoms with van der Waals surface area (Å²) < 4.78 is 5.52. The van der Waals surface area contributed by atoms with E-state index in [1.807, 2.05) is 43.3 Å². The lowest BCUT2D eigenvalue weighted by molar-refractivity contribution is -0.143. The van der Waals surface area contributed by atoms with Crippen LogP contribution in [0.25, 0.3) is 11.1 Å². The number of ether oxygens (including phenoxy) is 1. The number of benzene rings is 2. The fraction of sp³-hybridized carbons (Fsp3) is 0.400. The Bertz CT molecular complexity index is 942. The monoisotopic (exact) mass is 438 g/mol. The maximum atomic E-state index is 12.6. The van der Waals surface area contributed by atoms with Gasteiger partial charge in [-0.25, -0.2) is 9.59 Å². The minimum absolute atomic E-state index is 0.0797. The van der Waals surface area contributed by atoms with E-state index in [1.54, 1.807) is 13.8 Å². The number of amides is 2. The highest BCUT2D eigenvalue weighted by molar-refractivity contribution is 5.89. The van der Waals surface area contributed by atoms with Gasteiger partial charge in [-0.3, -0.25) is 4.79 Å². The average Bonchev–Trinajstić information content (AvgIpc) is 3.09. The molecule has 0 aromatic heterocycles. The van der Waals surface area contributed by atoms with Crippen LogP contribution in [0.4, 0.5) is 4.79 Å². The molecule has 0 heterocycles. The number of hydrogen-bond donors (Lipinski definition) is 3. The second-order valence-electron chi connectivity index (χ2n) is 8.38. The predicted molar refractivity (Wildman–Crippen MR) is 121 cm³/mol. The SMILES string of the molecule is CCC[C@H](NC(=O)OCC1c2ccccc2-c2ccccc21)C(=O)N[C@H](C(=O)O)C(C)C. The molecule has 170 valence electrons. The third kappa shape index (κ3) is 5.10. The quantitative estimate of drug-likeness (QED) is 0.550. The molecule has 0 radical (unpaired) electrons. The van der Waals surface area contributed by atoms with Gasteiger partial charge < -0.3 is 20.5 Å². The van der Waals surface area contributed by atoms with Crippen molar-refractivity contribution >= 4 is 18.0 Å². The number of carbonyl (C=O) groups is 3. The van der Waals surface area contributed by atoms with E-state index in [2.05, 4.69) is 22.8 Å². The summed E-state index contributed by atoms with van der Waals surface area (Å²) in [5.41, 5.74) is 4.47. The summed E-state index contributed by atoms with van der Waals surface area (Å²) in [5.74, 6) is -2.00. The van der Waals surface area contributed by atoms with Crippen LogP contribution in [-0.2, 0) is 14.3 Å². The molecule has 7 nitrogen and oxygen atoms in total. The van der Waals surface area contributed by atoms with Crippen molar-refractivity contribution in [2.45, 2.75) is 51.6 Å². The molecule has 2 aromatic rings. The van der Waals surface area contributed by atoms with Crippen LogP contribution >= 0.6 is 0 Å². The first-order valence-corrected chi connectivity index (χ1v) is 11.0. The van der Waals surface area contributed by atoms with E-state index in [0.717, 1.165) is 22.3 Å². The molecule has 0 unspecified atom stereocenters. The van der Waals surface area contributed by atoms with Crippen molar-refractivity contribution in [2.24, 2.45) is 5.92 Å². The lowest BCUT2D eigenvalue weighted by Crippen LogP contribution is -2.53. The van der Waals surface area contributed by atoms with Gasteiger partial charge >= 0.3 is 12.1 Å². The maximum absolute atomic E-state index is 12.6. The maximum Gasteiger partial charge on any atom is 0.407 e. The first-order chi connectivity index (χ1) is 15.3. The van der Waals surface area contributed by atoms with Crippen LogP contribution in [0.5, 0.6) is 0 Å². The molecule has 0 bridgehead atoms. The number of rotatable bonds is 9. The van der Waals surface area contributed by atoms with E-state index in [0.29, 0.717) is 12.8 Å². The van der Waals surface area contributed by atoms with E-state index in [9.17, 15) is 19.5 Å². The fourth-order valence-electron chi connectivity index (χ4n) is 4.11. The lowest BCUT2D eigenvalue weighted by atomic mass is 9.98. The highest BCUT2D eigenvalue weighted by Gasteiger charge is 2.31. The molecule has 0 fully saturated rings. The standard InChI is InChI=1S/C25H30N2O5/c1-4-9-21(23(28)27-22(15(2)3)24(29)30)26-25(31)32-14-20-18-12-7-5-10-16(18)17-11-6-8-13-19(17)20/h5-8,10-13,15,20-22H,4,9,14H2,1-3H3,(H,26,31)(H,27,28)(H,29,30)/t21-,22-/m0/s1. The highest BCUT2D eigenvalue weighted by atomic mass is 16.5. The Morgan fingerprint density at radius 3 is 2.03 bits per heavy atom. The molecule has 2 aromatic carbocycles. The zero-order valence-electron chi connectivity index (χ0n) is 18.6. The van der Waals surface area contributed by atoms with Crippen LogP contribution < -0.4 is 10.6 Å². The molecule has 7 heteroatoms. The van der Waals surface area contributed by atoms with Crippen LogP contribution in [0, 0.1) is 5.92 Å². The molecule has 32 heavy (non-hydrogen) atoms. The van der Waals surface area contributed by atoms with Crippen LogP contribution in [0.15, 0.2) is 48.5 Å². The van der Waals surface area contributed by atoms with Crippen LogP contribution in [-0.4, -0.2) is 41.8 Å². The van der Waals surface area contributed by atoms with E-state index in [4.69, 9.17) is 4.74 Å². The normalized spacial score (nSPS) is 14.2. The molecule has 2 atom stereocenters. The number of nitrogens with one attached hydrogen (secondary N) is 2. The molecule has 3 rings (SSSR count). The minimum atomic E-state index is -1.11. The van der Waals surface area contributed by atoms with Crippen molar-refractivity contribution in [3.63, 3.8) is 0 Å². The van der Waals surface area contributed by atoms with Gasteiger partial charge in [-0.1, -0.05) is 75.7 Å². The van der Waals surface area contributed by atoms with Gasteiger partial charge in [-0.15, -0.1) is 0 Å². The number of carboxylic acid groups (broad SMARTS) is 1. The Morgan fingerprint density at radius 1 is 0.969 bits per heavy atom. The van der Waals surface area contributed by atoms with Crippen molar-refractivity contribution in [1.29, 1.82) is 0 Å². The Hall–Kier alpha value is -3.35. The summed E-state index contributed by atoms with van der Waals surface area (Å²) in [6.45, 7) is 5.46. The number of aliphatic carboxylic acids is 1. The first-order valence-electron chi connectivity index (χ1n) is 11.0. The number of carboxylic acids is 1. The number of carbonyl (C=O) groups excluding carboxylic acids is 2. The summed E-state index contributed by atoms with van der Waals surface area (Å²) in [6, 6.07) is 14.2. The van der Waals surface area contributed by atoms with Gasteiger partial charge in [0.1, 0.15) is 18.7 Å². The summed E-state index contributed by atoms with van der Waals surface area (Å²) in [5, 5.41) is 14.5. The molecular formula is C25H30N2O5. The zero-order chi connectivity index (χ0) is 23.3. The number of alkyl carbamates (subject to hydrolysis) is 1. The lowest BCUT2D eigenvalue weighted by Gasteiger charge is -2.23. The second-order valence-corrected chi connectivity index (χ2v) is 8.38. The number of hydrogen-bond acceptors (Lipinski definition) is 4. The van der Waals surface area contributed by atoms with Gasteiger partial charge in [-0.2, -0.15) is 0 Å². The van der Waals surface area contributed by atoms with Crippen LogP contribution in [0.3, 0.4) is 0 Å². The Balaban J connectivity index is 1.65. The van der Waals surface area contributed by atoms with E-state index in [-0.39, 0.29) is 18.4 Å². The second kappa shape index (κ2) is 10.3. The molecule has 0 saturated heterocycles. The molecule has 1 aliphatic carbocycles. The Labute approximate surface area is 188 Å². The van der Waals surface area contributed by atoms with Crippen LogP contribution in [0.2, 0.25) is 0 Å². The van der Waals surface area contributed by atoms with Crippen LogP contribution in [0.1, 0.15) is 50.7 Å². The highest BCUT2D eigenvalue weighted by Crippen LogP contribution is 2.44. The molecule has 2 amide bonds. The van der Waals surface area contributed by atoms with Crippen molar-refractivity contribution < 1.29 is 24.2 Å². The van der Waals surface area contributed by atoms with E-state index < -0.39 is 30.1 Å². The predicted octanol–water partition coefficient (Wildman–Crippen LogP) is 3.92. The van der Waals surface area contributed by atoms with Gasteiger partial charge in [0.05, 0.1) is 0 Å². The van der Waals surface area contributed by atoms with Gasteiger partial charge in [0, 0.05) is 5.92 Å². The van der Waals surface area contributed by atoms with E-state index >= 15 is 0 Å². The van der Waals surface area contributed by atoms with Crippen molar-refractivity contribution in [2.75, 3.05) is 6.61 Å². The molecule has 1 aliphatic rings. The third-order valence-electron chi connectivity index (χ3n) is 5.76. The Morgan fingerprint density at radius 2 is 1.53 bits per heavy atom. The van der Waals surface area contributed by atoms with E-state index in [1.165, 1.54) is 0 Å². The molecule has 3 N–H and O–H groups in total. The van der Waals surface area contributed by atoms with Gasteiger partial charge in [0.15, 0.2) is 0 Å². The van der Waals surface area contributed by atoms with Crippen molar-refractivity contribution in [3.05, 3.63) is 59.7 Å². The third-order valence-corrected chi connectivity index (χ3v) is 5.76. The summed E-state index contributed by atoms with van der Waals surface area (Å²) in [4.78, 5) is 36.6. The molecule has 0 spiro atoms. The van der Waals surface area contributed by atoms with Crippen molar-refractivity contribution in [1.82, 2.24) is 10.6 Å².